The maximum atomic E-state index is 12.1. The highest BCUT2D eigenvalue weighted by Crippen LogP contribution is 2.32. The predicted octanol–water partition coefficient (Wildman–Crippen LogP) is 1.23. The van der Waals surface area contributed by atoms with Gasteiger partial charge >= 0.3 is 0 Å². The van der Waals surface area contributed by atoms with Crippen molar-refractivity contribution in [3.63, 3.8) is 0 Å². The zero-order valence-corrected chi connectivity index (χ0v) is 10.4. The van der Waals surface area contributed by atoms with Crippen LogP contribution in [0.15, 0.2) is 18.2 Å². The molecule has 94 valence electrons. The van der Waals surface area contributed by atoms with Crippen LogP contribution < -0.4 is 10.2 Å². The molecule has 1 fully saturated rings. The van der Waals surface area contributed by atoms with Gasteiger partial charge in [-0.3, -0.25) is 14.5 Å². The van der Waals surface area contributed by atoms with E-state index in [0.717, 1.165) is 30.8 Å². The molecule has 3 rings (SSSR count). The van der Waals surface area contributed by atoms with Crippen molar-refractivity contribution in [2.24, 2.45) is 5.92 Å². The summed E-state index contributed by atoms with van der Waals surface area (Å²) in [4.78, 5) is 25.4. The highest BCUT2D eigenvalue weighted by Gasteiger charge is 2.37. The molecule has 2 amide bonds. The molecule has 0 saturated carbocycles. The molecule has 0 aliphatic carbocycles. The number of nitrogens with one attached hydrogen (secondary N) is 1. The first-order valence-corrected chi connectivity index (χ1v) is 6.37. The lowest BCUT2D eigenvalue weighted by Crippen LogP contribution is -2.33. The first-order chi connectivity index (χ1) is 8.68. The first-order valence-electron chi connectivity index (χ1n) is 6.37. The molecule has 0 radical (unpaired) electrons. The van der Waals surface area contributed by atoms with Gasteiger partial charge in [0.25, 0.3) is 0 Å². The number of hydrogen-bond acceptors (Lipinski definition) is 3. The van der Waals surface area contributed by atoms with Gasteiger partial charge in [0.2, 0.25) is 11.8 Å². The largest absolute Gasteiger partial charge is 0.312 e. The van der Waals surface area contributed by atoms with Gasteiger partial charge in [0.15, 0.2) is 0 Å². The van der Waals surface area contributed by atoms with Gasteiger partial charge < -0.3 is 5.32 Å². The highest BCUT2D eigenvalue weighted by atomic mass is 16.2. The average Bonchev–Trinajstić information content (AvgIpc) is 2.63. The van der Waals surface area contributed by atoms with E-state index >= 15 is 0 Å². The lowest BCUT2D eigenvalue weighted by atomic mass is 9.98. The van der Waals surface area contributed by atoms with Crippen LogP contribution in [0.5, 0.6) is 0 Å². The molecule has 1 N–H and O–H groups in total. The Morgan fingerprint density at radius 2 is 2.17 bits per heavy atom. The molecular formula is C14H16N2O2. The number of amides is 2. The minimum atomic E-state index is -0.185. The summed E-state index contributed by atoms with van der Waals surface area (Å²) >= 11 is 0. The van der Waals surface area contributed by atoms with Crippen LogP contribution in [0.3, 0.4) is 0 Å². The lowest BCUT2D eigenvalue weighted by molar-refractivity contribution is -0.122. The van der Waals surface area contributed by atoms with E-state index in [2.05, 4.69) is 11.4 Å². The average molecular weight is 244 g/mol. The Balaban J connectivity index is 2.07. The fourth-order valence-electron chi connectivity index (χ4n) is 2.76. The summed E-state index contributed by atoms with van der Waals surface area (Å²) in [6.07, 6.45) is 1.21. The topological polar surface area (TPSA) is 49.4 Å². The van der Waals surface area contributed by atoms with E-state index in [9.17, 15) is 9.59 Å². The second-order valence-electron chi connectivity index (χ2n) is 5.01. The second-order valence-corrected chi connectivity index (χ2v) is 5.01. The molecule has 1 atom stereocenters. The Morgan fingerprint density at radius 3 is 2.89 bits per heavy atom. The summed E-state index contributed by atoms with van der Waals surface area (Å²) in [5.41, 5.74) is 3.14. The van der Waals surface area contributed by atoms with E-state index in [0.29, 0.717) is 6.42 Å². The molecule has 18 heavy (non-hydrogen) atoms. The van der Waals surface area contributed by atoms with Crippen molar-refractivity contribution >= 4 is 17.5 Å². The van der Waals surface area contributed by atoms with E-state index in [1.54, 1.807) is 0 Å². The van der Waals surface area contributed by atoms with Crippen molar-refractivity contribution in [1.29, 1.82) is 0 Å². The third kappa shape index (κ3) is 1.64. The standard InChI is InChI=1S/C14H16N2O2/c1-9-7-13(17)16(14(9)18)12-4-2-3-10-8-15-6-5-11(10)12/h2-4,9,15H,5-8H2,1H3. The molecule has 2 heterocycles. The van der Waals surface area contributed by atoms with Gasteiger partial charge in [-0.05, 0) is 30.2 Å². The SMILES string of the molecule is CC1CC(=O)N(c2cccc3c2CCNC3)C1=O. The summed E-state index contributed by atoms with van der Waals surface area (Å²) < 4.78 is 0. The Morgan fingerprint density at radius 1 is 1.33 bits per heavy atom. The van der Waals surface area contributed by atoms with Gasteiger partial charge in [-0.15, -0.1) is 0 Å². The van der Waals surface area contributed by atoms with Crippen LogP contribution in [-0.4, -0.2) is 18.4 Å². The number of nitrogens with zero attached hydrogens (tertiary/aromatic N) is 1. The van der Waals surface area contributed by atoms with E-state index in [4.69, 9.17) is 0 Å². The van der Waals surface area contributed by atoms with Gasteiger partial charge in [-0.25, -0.2) is 0 Å². The van der Waals surface area contributed by atoms with Crippen molar-refractivity contribution in [2.45, 2.75) is 26.3 Å². The lowest BCUT2D eigenvalue weighted by Gasteiger charge is -2.24. The summed E-state index contributed by atoms with van der Waals surface area (Å²) in [6, 6.07) is 5.86. The van der Waals surface area contributed by atoms with Crippen LogP contribution >= 0.6 is 0 Å². The maximum Gasteiger partial charge on any atom is 0.237 e. The maximum absolute atomic E-state index is 12.1. The second kappa shape index (κ2) is 4.21. The zero-order chi connectivity index (χ0) is 12.7. The van der Waals surface area contributed by atoms with Crippen LogP contribution in [0.4, 0.5) is 5.69 Å². The molecule has 0 bridgehead atoms. The Kier molecular flexibility index (Phi) is 2.67. The third-order valence-electron chi connectivity index (χ3n) is 3.73. The number of carbonyl (C=O) groups excluding carboxylic acids is 2. The smallest absolute Gasteiger partial charge is 0.237 e. The number of hydrogen-bond donors (Lipinski definition) is 1. The minimum Gasteiger partial charge on any atom is -0.312 e. The fraction of sp³-hybridized carbons (Fsp3) is 0.429. The molecule has 1 aromatic rings. The van der Waals surface area contributed by atoms with Gasteiger partial charge in [-0.1, -0.05) is 19.1 Å². The first kappa shape index (κ1) is 11.4. The number of carbonyl (C=O) groups is 2. The Labute approximate surface area is 106 Å². The molecule has 0 spiro atoms. The summed E-state index contributed by atoms with van der Waals surface area (Å²) in [6.45, 7) is 3.53. The molecule has 0 aromatic heterocycles. The molecular weight excluding hydrogens is 228 g/mol. The van der Waals surface area contributed by atoms with Crippen molar-refractivity contribution in [3.8, 4) is 0 Å². The number of imide groups is 1. The Hall–Kier alpha value is -1.68. The van der Waals surface area contributed by atoms with E-state index in [1.807, 2.05) is 19.1 Å². The van der Waals surface area contributed by atoms with Gasteiger partial charge in [0.1, 0.15) is 0 Å². The molecule has 4 nitrogen and oxygen atoms in total. The molecule has 2 aliphatic heterocycles. The fourth-order valence-corrected chi connectivity index (χ4v) is 2.76. The number of benzene rings is 1. The number of anilines is 1. The van der Waals surface area contributed by atoms with Gasteiger partial charge in [0.05, 0.1) is 5.69 Å². The predicted molar refractivity (Wildman–Crippen MR) is 68.1 cm³/mol. The van der Waals surface area contributed by atoms with Crippen molar-refractivity contribution in [1.82, 2.24) is 5.32 Å². The van der Waals surface area contributed by atoms with Crippen LogP contribution in [0.25, 0.3) is 0 Å². The van der Waals surface area contributed by atoms with Crippen molar-refractivity contribution in [3.05, 3.63) is 29.3 Å². The quantitative estimate of drug-likeness (QED) is 0.756. The molecule has 2 aliphatic rings. The summed E-state index contributed by atoms with van der Waals surface area (Å²) in [5.74, 6) is -0.318. The van der Waals surface area contributed by atoms with E-state index < -0.39 is 0 Å². The number of fused-ring (bicyclic) bond motifs is 1. The van der Waals surface area contributed by atoms with Crippen molar-refractivity contribution < 1.29 is 9.59 Å². The summed E-state index contributed by atoms with van der Waals surface area (Å²) in [7, 11) is 0. The molecule has 1 saturated heterocycles. The molecule has 1 unspecified atom stereocenters. The summed E-state index contributed by atoms with van der Waals surface area (Å²) in [5, 5.41) is 3.30. The van der Waals surface area contributed by atoms with E-state index in [-0.39, 0.29) is 17.7 Å². The molecule has 1 aromatic carbocycles. The van der Waals surface area contributed by atoms with Gasteiger partial charge in [0, 0.05) is 18.9 Å². The van der Waals surface area contributed by atoms with E-state index in [1.165, 1.54) is 10.5 Å². The minimum absolute atomic E-state index is 0.0630. The van der Waals surface area contributed by atoms with Crippen LogP contribution in [0.1, 0.15) is 24.5 Å². The van der Waals surface area contributed by atoms with Crippen LogP contribution in [0.2, 0.25) is 0 Å². The zero-order valence-electron chi connectivity index (χ0n) is 10.4. The third-order valence-corrected chi connectivity index (χ3v) is 3.73. The van der Waals surface area contributed by atoms with Crippen molar-refractivity contribution in [2.75, 3.05) is 11.4 Å². The van der Waals surface area contributed by atoms with Crippen LogP contribution in [-0.2, 0) is 22.6 Å². The number of rotatable bonds is 1. The van der Waals surface area contributed by atoms with Crippen LogP contribution in [0, 0.1) is 5.92 Å². The normalized spacial score (nSPS) is 23.4. The Bertz CT molecular complexity index is 525. The monoisotopic (exact) mass is 244 g/mol. The van der Waals surface area contributed by atoms with Gasteiger partial charge in [-0.2, -0.15) is 0 Å². The molecule has 4 heteroatoms. The highest BCUT2D eigenvalue weighted by molar-refractivity contribution is 6.21.